The van der Waals surface area contributed by atoms with Crippen LogP contribution in [0.4, 0.5) is 5.69 Å². The van der Waals surface area contributed by atoms with Crippen LogP contribution in [0, 0.1) is 0 Å². The van der Waals surface area contributed by atoms with Gasteiger partial charge in [-0.15, -0.1) is 0 Å². The van der Waals surface area contributed by atoms with Crippen LogP contribution in [-0.2, 0) is 6.42 Å². The fourth-order valence-electron chi connectivity index (χ4n) is 3.44. The molecule has 5 aromatic rings. The highest BCUT2D eigenvalue weighted by molar-refractivity contribution is 6.42. The molecule has 3 aromatic carbocycles. The molecule has 2 heterocycles. The van der Waals surface area contributed by atoms with E-state index in [-0.39, 0.29) is 5.76 Å². The van der Waals surface area contributed by atoms with Gasteiger partial charge in [-0.3, -0.25) is 4.79 Å². The number of rotatable bonds is 6. The number of hydrogen-bond donors (Lipinski definition) is 1. The van der Waals surface area contributed by atoms with Crippen LogP contribution in [0.15, 0.2) is 93.9 Å². The zero-order chi connectivity index (χ0) is 23.5. The van der Waals surface area contributed by atoms with Crippen molar-refractivity contribution < 1.29 is 13.7 Å². The van der Waals surface area contributed by atoms with E-state index < -0.39 is 5.91 Å². The molecule has 8 heteroatoms. The van der Waals surface area contributed by atoms with Gasteiger partial charge in [-0.25, -0.2) is 0 Å². The molecule has 0 spiro atoms. The molecular weight excluding hydrogens is 473 g/mol. The molecule has 0 aliphatic carbocycles. The predicted octanol–water partition coefficient (Wildman–Crippen LogP) is 7.15. The van der Waals surface area contributed by atoms with Crippen LogP contribution >= 0.6 is 23.2 Å². The quantitative estimate of drug-likeness (QED) is 0.274. The summed E-state index contributed by atoms with van der Waals surface area (Å²) >= 11 is 12.1. The Bertz CT molecular complexity index is 1460. The number of hydrogen-bond acceptors (Lipinski definition) is 5. The third kappa shape index (κ3) is 4.73. The van der Waals surface area contributed by atoms with E-state index in [0.717, 1.165) is 5.56 Å². The van der Waals surface area contributed by atoms with Crippen molar-refractivity contribution in [2.45, 2.75) is 6.42 Å². The summed E-state index contributed by atoms with van der Waals surface area (Å²) in [6, 6.07) is 25.5. The molecule has 6 nitrogen and oxygen atoms in total. The van der Waals surface area contributed by atoms with E-state index in [4.69, 9.17) is 32.1 Å². The molecule has 0 aliphatic rings. The number of carbonyl (C=O) groups is 1. The number of aromatic nitrogens is 2. The molecular formula is C26H17Cl2N3O3. The Balaban J connectivity index is 1.35. The topological polar surface area (TPSA) is 81.2 Å². The number of nitrogens with zero attached hydrogens (tertiary/aromatic N) is 2. The van der Waals surface area contributed by atoms with Crippen molar-refractivity contribution in [2.75, 3.05) is 5.32 Å². The third-order valence-electron chi connectivity index (χ3n) is 5.11. The SMILES string of the molecule is O=C(Nc1ccccc1-c1nc(Cc2ccccc2)no1)c1ccc(-c2ccc(Cl)c(Cl)c2)o1. The minimum Gasteiger partial charge on any atom is -0.451 e. The minimum atomic E-state index is -0.414. The normalized spacial score (nSPS) is 10.9. The van der Waals surface area contributed by atoms with E-state index in [2.05, 4.69) is 15.5 Å². The van der Waals surface area contributed by atoms with Gasteiger partial charge in [0.1, 0.15) is 5.76 Å². The molecule has 2 aromatic heterocycles. The van der Waals surface area contributed by atoms with Gasteiger partial charge in [-0.1, -0.05) is 70.8 Å². The van der Waals surface area contributed by atoms with Gasteiger partial charge in [0.25, 0.3) is 11.8 Å². The highest BCUT2D eigenvalue weighted by Gasteiger charge is 2.18. The number of anilines is 1. The lowest BCUT2D eigenvalue weighted by molar-refractivity contribution is 0.0997. The summed E-state index contributed by atoms with van der Waals surface area (Å²) in [6.45, 7) is 0. The molecule has 5 rings (SSSR count). The molecule has 0 saturated carbocycles. The summed E-state index contributed by atoms with van der Waals surface area (Å²) in [5, 5.41) is 7.79. The van der Waals surface area contributed by atoms with E-state index in [0.29, 0.717) is 50.8 Å². The van der Waals surface area contributed by atoms with Crippen LogP contribution in [0.2, 0.25) is 10.0 Å². The first-order valence-corrected chi connectivity index (χ1v) is 11.1. The van der Waals surface area contributed by atoms with Crippen molar-refractivity contribution in [3.8, 4) is 22.8 Å². The zero-order valence-corrected chi connectivity index (χ0v) is 19.2. The van der Waals surface area contributed by atoms with Gasteiger partial charge < -0.3 is 14.3 Å². The van der Waals surface area contributed by atoms with Crippen LogP contribution in [0.5, 0.6) is 0 Å². The van der Waals surface area contributed by atoms with Crippen molar-refractivity contribution in [1.29, 1.82) is 0 Å². The molecule has 0 saturated heterocycles. The molecule has 0 bridgehead atoms. The number of furan rings is 1. The number of benzene rings is 3. The molecule has 0 aliphatic heterocycles. The monoisotopic (exact) mass is 489 g/mol. The molecule has 168 valence electrons. The Hall–Kier alpha value is -3.87. The van der Waals surface area contributed by atoms with Gasteiger partial charge in [0.05, 0.1) is 21.3 Å². The Morgan fingerprint density at radius 1 is 0.882 bits per heavy atom. The summed E-state index contributed by atoms with van der Waals surface area (Å²) < 4.78 is 11.2. The summed E-state index contributed by atoms with van der Waals surface area (Å²) in [5.74, 6) is 1.10. The summed E-state index contributed by atoms with van der Waals surface area (Å²) in [7, 11) is 0. The lowest BCUT2D eigenvalue weighted by atomic mass is 10.1. The largest absolute Gasteiger partial charge is 0.451 e. The molecule has 1 N–H and O–H groups in total. The zero-order valence-electron chi connectivity index (χ0n) is 17.7. The second kappa shape index (κ2) is 9.55. The van der Waals surface area contributed by atoms with E-state index in [1.54, 1.807) is 42.5 Å². The smallest absolute Gasteiger partial charge is 0.291 e. The second-order valence-electron chi connectivity index (χ2n) is 7.47. The average molecular weight is 490 g/mol. The van der Waals surface area contributed by atoms with Gasteiger partial charge >= 0.3 is 0 Å². The van der Waals surface area contributed by atoms with Gasteiger partial charge in [0.2, 0.25) is 0 Å². The molecule has 0 fully saturated rings. The molecule has 34 heavy (non-hydrogen) atoms. The highest BCUT2D eigenvalue weighted by atomic mass is 35.5. The van der Waals surface area contributed by atoms with Crippen LogP contribution in [-0.4, -0.2) is 16.0 Å². The minimum absolute atomic E-state index is 0.145. The van der Waals surface area contributed by atoms with Gasteiger partial charge in [-0.05, 0) is 48.0 Å². The van der Waals surface area contributed by atoms with Gasteiger partial charge in [0, 0.05) is 12.0 Å². The average Bonchev–Trinajstić information content (AvgIpc) is 3.52. The molecule has 1 amide bonds. The van der Waals surface area contributed by atoms with Crippen molar-refractivity contribution in [3.63, 3.8) is 0 Å². The van der Waals surface area contributed by atoms with Crippen LogP contribution in [0.1, 0.15) is 21.9 Å². The highest BCUT2D eigenvalue weighted by Crippen LogP contribution is 2.31. The standard InChI is InChI=1S/C26H17Cl2N3O3/c27-19-11-10-17(15-20(19)28)22-12-13-23(33-22)25(32)29-21-9-5-4-8-18(21)26-30-24(31-34-26)14-16-6-2-1-3-7-16/h1-13,15H,14H2,(H,29,32). The number of amides is 1. The maximum Gasteiger partial charge on any atom is 0.291 e. The first-order valence-electron chi connectivity index (χ1n) is 10.4. The number of para-hydroxylation sites is 1. The van der Waals surface area contributed by atoms with Crippen molar-refractivity contribution in [1.82, 2.24) is 10.1 Å². The van der Waals surface area contributed by atoms with Crippen LogP contribution < -0.4 is 5.32 Å². The van der Waals surface area contributed by atoms with E-state index in [9.17, 15) is 4.79 Å². The maximum absolute atomic E-state index is 12.9. The van der Waals surface area contributed by atoms with Crippen LogP contribution in [0.25, 0.3) is 22.8 Å². The molecule has 0 atom stereocenters. The van der Waals surface area contributed by atoms with Crippen molar-refractivity contribution in [2.24, 2.45) is 0 Å². The number of carbonyl (C=O) groups excluding carboxylic acids is 1. The fourth-order valence-corrected chi connectivity index (χ4v) is 3.74. The Morgan fingerprint density at radius 2 is 1.68 bits per heavy atom. The van der Waals surface area contributed by atoms with Crippen LogP contribution in [0.3, 0.4) is 0 Å². The van der Waals surface area contributed by atoms with E-state index in [1.807, 2.05) is 42.5 Å². The third-order valence-corrected chi connectivity index (χ3v) is 5.85. The Morgan fingerprint density at radius 3 is 2.50 bits per heavy atom. The summed E-state index contributed by atoms with van der Waals surface area (Å²) in [5.41, 5.74) is 2.92. The second-order valence-corrected chi connectivity index (χ2v) is 8.29. The van der Waals surface area contributed by atoms with E-state index >= 15 is 0 Å². The van der Waals surface area contributed by atoms with Gasteiger partial charge in [0.15, 0.2) is 11.6 Å². The van der Waals surface area contributed by atoms with E-state index in [1.165, 1.54) is 0 Å². The molecule has 0 radical (unpaired) electrons. The predicted molar refractivity (Wildman–Crippen MR) is 131 cm³/mol. The van der Waals surface area contributed by atoms with Crippen molar-refractivity contribution in [3.05, 3.63) is 112 Å². The van der Waals surface area contributed by atoms with Gasteiger partial charge in [-0.2, -0.15) is 4.98 Å². The number of nitrogens with one attached hydrogen (secondary N) is 1. The van der Waals surface area contributed by atoms with Crippen molar-refractivity contribution >= 4 is 34.8 Å². The maximum atomic E-state index is 12.9. The lowest BCUT2D eigenvalue weighted by Gasteiger charge is -2.07. The molecule has 0 unspecified atom stereocenters. The first-order chi connectivity index (χ1) is 16.6. The summed E-state index contributed by atoms with van der Waals surface area (Å²) in [4.78, 5) is 17.4. The first kappa shape index (κ1) is 21.9. The Labute approximate surface area is 205 Å². The number of halogens is 2. The Kier molecular flexibility index (Phi) is 6.16. The summed E-state index contributed by atoms with van der Waals surface area (Å²) in [6.07, 6.45) is 0.544. The lowest BCUT2D eigenvalue weighted by Crippen LogP contribution is -2.11. The fraction of sp³-hybridized carbons (Fsp3) is 0.0385.